The van der Waals surface area contributed by atoms with Crippen LogP contribution >= 0.6 is 11.3 Å². The number of nitrogens with one attached hydrogen (secondary N) is 1. The lowest BCUT2D eigenvalue weighted by atomic mass is 10.2. The van der Waals surface area contributed by atoms with Gasteiger partial charge >= 0.3 is 0 Å². The van der Waals surface area contributed by atoms with Gasteiger partial charge in [0.2, 0.25) is 0 Å². The molecule has 2 saturated heterocycles. The van der Waals surface area contributed by atoms with Crippen molar-refractivity contribution in [1.82, 2.24) is 14.3 Å². The van der Waals surface area contributed by atoms with E-state index in [1.165, 1.54) is 23.5 Å². The zero-order chi connectivity index (χ0) is 19.8. The quantitative estimate of drug-likeness (QED) is 0.702. The van der Waals surface area contributed by atoms with Crippen molar-refractivity contribution in [3.8, 4) is 0 Å². The van der Waals surface area contributed by atoms with Crippen LogP contribution < -0.4 is 10.9 Å². The molecular weight excluding hydrogens is 395 g/mol. The maximum Gasteiger partial charge on any atom is 0.258 e. The summed E-state index contributed by atoms with van der Waals surface area (Å²) >= 11 is 1.45. The number of aromatic nitrogens is 2. The molecule has 7 nitrogen and oxygen atoms in total. The van der Waals surface area contributed by atoms with E-state index in [9.17, 15) is 9.18 Å². The van der Waals surface area contributed by atoms with E-state index in [0.29, 0.717) is 24.7 Å². The Balaban J connectivity index is 1.20. The summed E-state index contributed by atoms with van der Waals surface area (Å²) in [5, 5.41) is 5.13. The largest absolute Gasteiger partial charge is 0.378 e. The fourth-order valence-corrected chi connectivity index (χ4v) is 4.63. The minimum Gasteiger partial charge on any atom is -0.378 e. The van der Waals surface area contributed by atoms with Gasteiger partial charge in [-0.2, -0.15) is 0 Å². The normalized spacial score (nSPS) is 23.2. The molecule has 0 bridgehead atoms. The highest BCUT2D eigenvalue weighted by Crippen LogP contribution is 2.23. The van der Waals surface area contributed by atoms with Gasteiger partial charge in [0, 0.05) is 43.0 Å². The first kappa shape index (κ1) is 18.7. The van der Waals surface area contributed by atoms with Gasteiger partial charge in [0.15, 0.2) is 4.96 Å². The summed E-state index contributed by atoms with van der Waals surface area (Å²) < 4.78 is 27.1. The molecule has 2 aliphatic heterocycles. The molecule has 0 saturated carbocycles. The van der Waals surface area contributed by atoms with Gasteiger partial charge < -0.3 is 14.8 Å². The molecule has 1 N–H and O–H groups in total. The number of hydrogen-bond donors (Lipinski definition) is 1. The van der Waals surface area contributed by atoms with Gasteiger partial charge in [-0.05, 0) is 18.2 Å². The van der Waals surface area contributed by atoms with E-state index in [2.05, 4.69) is 15.2 Å². The van der Waals surface area contributed by atoms with Gasteiger partial charge in [0.05, 0.1) is 37.2 Å². The van der Waals surface area contributed by atoms with Gasteiger partial charge in [0.25, 0.3) is 5.56 Å². The number of benzene rings is 1. The predicted molar refractivity (Wildman–Crippen MR) is 108 cm³/mol. The lowest BCUT2D eigenvalue weighted by Gasteiger charge is -2.19. The zero-order valence-corrected chi connectivity index (χ0v) is 16.5. The molecule has 0 radical (unpaired) electrons. The van der Waals surface area contributed by atoms with Crippen molar-refractivity contribution in [3.05, 3.63) is 63.8 Å². The molecule has 1 aromatic carbocycles. The van der Waals surface area contributed by atoms with E-state index in [1.807, 2.05) is 11.4 Å². The van der Waals surface area contributed by atoms with Gasteiger partial charge in [-0.3, -0.25) is 14.1 Å². The van der Waals surface area contributed by atoms with Crippen molar-refractivity contribution in [2.24, 2.45) is 0 Å². The topological polar surface area (TPSA) is 68.1 Å². The van der Waals surface area contributed by atoms with Crippen molar-refractivity contribution in [1.29, 1.82) is 0 Å². The summed E-state index contributed by atoms with van der Waals surface area (Å²) in [6.45, 7) is 3.03. The monoisotopic (exact) mass is 416 g/mol. The molecule has 4 heterocycles. The molecule has 2 aromatic heterocycles. The first-order valence-corrected chi connectivity index (χ1v) is 10.5. The standard InChI is InChI=1S/C20H21FN4O3S/c21-13-2-1-3-14(6-13)22-16-11-27-17-9-24(10-18(17)28-12-16)8-15-7-19(26)25-4-5-29-20(25)23-15/h1-7,16-18,22H,8-12H2/t17-,18-/m0/s1. The second-order valence-corrected chi connectivity index (χ2v) is 8.30. The average Bonchev–Trinajstić information content (AvgIpc) is 3.27. The Morgan fingerprint density at radius 2 is 2.00 bits per heavy atom. The lowest BCUT2D eigenvalue weighted by Crippen LogP contribution is -2.31. The van der Waals surface area contributed by atoms with Crippen LogP contribution in [0.1, 0.15) is 5.69 Å². The van der Waals surface area contributed by atoms with Crippen LogP contribution in [0.3, 0.4) is 0 Å². The first-order valence-electron chi connectivity index (χ1n) is 9.57. The highest BCUT2D eigenvalue weighted by atomic mass is 32.1. The smallest absolute Gasteiger partial charge is 0.258 e. The molecule has 0 aliphatic carbocycles. The summed E-state index contributed by atoms with van der Waals surface area (Å²) in [5.41, 5.74) is 1.43. The van der Waals surface area contributed by atoms with Crippen LogP contribution in [0.5, 0.6) is 0 Å². The fourth-order valence-electron chi connectivity index (χ4n) is 3.89. The van der Waals surface area contributed by atoms with Gasteiger partial charge in [-0.15, -0.1) is 11.3 Å². The SMILES string of the molecule is O=c1cc(CN2C[C@@H]3OCC(Nc4cccc(F)c4)CO[C@H]3C2)nc2sccn12. The molecule has 9 heteroatoms. The molecular formula is C20H21FN4O3S. The Bertz CT molecular complexity index is 1060. The Labute approximate surface area is 170 Å². The number of ether oxygens (including phenoxy) is 2. The Morgan fingerprint density at radius 3 is 2.76 bits per heavy atom. The van der Waals surface area contributed by atoms with E-state index in [-0.39, 0.29) is 29.6 Å². The van der Waals surface area contributed by atoms with Crippen LogP contribution in [-0.4, -0.2) is 58.8 Å². The second kappa shape index (κ2) is 7.83. The van der Waals surface area contributed by atoms with Crippen LogP contribution in [0.15, 0.2) is 46.7 Å². The second-order valence-electron chi connectivity index (χ2n) is 7.43. The third-order valence-electron chi connectivity index (χ3n) is 5.25. The lowest BCUT2D eigenvalue weighted by molar-refractivity contribution is -0.00461. The third kappa shape index (κ3) is 4.04. The van der Waals surface area contributed by atoms with Crippen LogP contribution in [0.2, 0.25) is 0 Å². The minimum atomic E-state index is -0.271. The van der Waals surface area contributed by atoms with Crippen molar-refractivity contribution in [2.45, 2.75) is 24.8 Å². The van der Waals surface area contributed by atoms with Gasteiger partial charge in [-0.1, -0.05) is 6.07 Å². The number of anilines is 1. The summed E-state index contributed by atoms with van der Waals surface area (Å²) in [6, 6.07) is 7.96. The number of likely N-dealkylation sites (tertiary alicyclic amines) is 1. The molecule has 0 amide bonds. The summed E-state index contributed by atoms with van der Waals surface area (Å²) in [5.74, 6) is -0.271. The maximum atomic E-state index is 13.4. The van der Waals surface area contributed by atoms with E-state index in [4.69, 9.17) is 9.47 Å². The number of hydrogen-bond acceptors (Lipinski definition) is 7. The minimum absolute atomic E-state index is 0.0270. The Morgan fingerprint density at radius 1 is 1.21 bits per heavy atom. The van der Waals surface area contributed by atoms with Crippen molar-refractivity contribution < 1.29 is 13.9 Å². The predicted octanol–water partition coefficient (Wildman–Crippen LogP) is 1.98. The van der Waals surface area contributed by atoms with Gasteiger partial charge in [-0.25, -0.2) is 9.37 Å². The van der Waals surface area contributed by atoms with Crippen LogP contribution in [0, 0.1) is 5.82 Å². The number of thiazole rings is 1. The number of fused-ring (bicyclic) bond motifs is 2. The molecule has 2 atom stereocenters. The van der Waals surface area contributed by atoms with E-state index in [0.717, 1.165) is 24.5 Å². The molecule has 0 unspecified atom stereocenters. The van der Waals surface area contributed by atoms with Crippen molar-refractivity contribution in [2.75, 3.05) is 31.6 Å². The highest BCUT2D eigenvalue weighted by molar-refractivity contribution is 7.15. The van der Waals surface area contributed by atoms with Crippen LogP contribution in [-0.2, 0) is 16.0 Å². The highest BCUT2D eigenvalue weighted by Gasteiger charge is 2.37. The molecule has 29 heavy (non-hydrogen) atoms. The zero-order valence-electron chi connectivity index (χ0n) is 15.7. The molecule has 2 fully saturated rings. The molecule has 3 aromatic rings. The average molecular weight is 416 g/mol. The first-order chi connectivity index (χ1) is 14.1. The Hall–Kier alpha value is -2.33. The molecule has 2 aliphatic rings. The number of rotatable bonds is 4. The molecule has 0 spiro atoms. The van der Waals surface area contributed by atoms with Gasteiger partial charge in [0.1, 0.15) is 5.82 Å². The maximum absolute atomic E-state index is 13.4. The summed E-state index contributed by atoms with van der Waals surface area (Å²) in [7, 11) is 0. The summed E-state index contributed by atoms with van der Waals surface area (Å²) in [4.78, 5) is 19.7. The third-order valence-corrected chi connectivity index (χ3v) is 6.01. The van der Waals surface area contributed by atoms with E-state index < -0.39 is 0 Å². The van der Waals surface area contributed by atoms with Crippen molar-refractivity contribution >= 4 is 22.0 Å². The molecule has 152 valence electrons. The fraction of sp³-hybridized carbons (Fsp3) is 0.400. The van der Waals surface area contributed by atoms with E-state index in [1.54, 1.807) is 22.7 Å². The molecule has 5 rings (SSSR count). The number of nitrogens with zero attached hydrogens (tertiary/aromatic N) is 3. The van der Waals surface area contributed by atoms with Crippen LogP contribution in [0.25, 0.3) is 4.96 Å². The van der Waals surface area contributed by atoms with Crippen LogP contribution in [0.4, 0.5) is 10.1 Å². The summed E-state index contributed by atoms with van der Waals surface area (Å²) in [6.07, 6.45) is 1.69. The number of halogens is 1. The van der Waals surface area contributed by atoms with E-state index >= 15 is 0 Å². The Kier molecular flexibility index (Phi) is 5.04. The van der Waals surface area contributed by atoms with Crippen molar-refractivity contribution in [3.63, 3.8) is 0 Å².